The molecule has 0 aromatic heterocycles. The fourth-order valence-corrected chi connectivity index (χ4v) is 2.18. The van der Waals surface area contributed by atoms with Crippen molar-refractivity contribution in [3.05, 3.63) is 23.2 Å². The number of rotatable bonds is 6. The number of hydrogen-bond acceptors (Lipinski definition) is 3. The second-order valence-electron chi connectivity index (χ2n) is 4.38. The van der Waals surface area contributed by atoms with Gasteiger partial charge in [-0.15, -0.1) is 0 Å². The fourth-order valence-electron chi connectivity index (χ4n) is 1.87. The summed E-state index contributed by atoms with van der Waals surface area (Å²) in [6.45, 7) is 3.87. The number of nitrogens with zero attached hydrogens (tertiary/aromatic N) is 1. The normalized spacial score (nSPS) is 12.3. The summed E-state index contributed by atoms with van der Waals surface area (Å²) in [5, 5.41) is 0.715. The van der Waals surface area contributed by atoms with Crippen LogP contribution in [0.4, 0.5) is 5.69 Å². The maximum atomic E-state index is 6.22. The molecule has 1 aromatic carbocycles. The average Bonchev–Trinajstić information content (AvgIpc) is 2.28. The van der Waals surface area contributed by atoms with Crippen LogP contribution in [0.1, 0.15) is 13.3 Å². The molecule has 1 unspecified atom stereocenters. The van der Waals surface area contributed by atoms with Crippen molar-refractivity contribution in [2.75, 3.05) is 32.1 Å². The largest absolute Gasteiger partial charge is 0.497 e. The molecule has 0 heterocycles. The predicted octanol–water partition coefficient (Wildman–Crippen LogP) is 2.77. The number of halogens is 1. The van der Waals surface area contributed by atoms with Gasteiger partial charge in [0.15, 0.2) is 0 Å². The number of methoxy groups -OCH3 is 1. The highest BCUT2D eigenvalue weighted by molar-refractivity contribution is 6.33. The summed E-state index contributed by atoms with van der Waals surface area (Å²) in [4.78, 5) is 2.15. The van der Waals surface area contributed by atoms with E-state index in [2.05, 4.69) is 11.8 Å². The lowest BCUT2D eigenvalue weighted by Crippen LogP contribution is -2.25. The van der Waals surface area contributed by atoms with Crippen LogP contribution in [-0.4, -0.2) is 27.2 Å². The first-order valence-electron chi connectivity index (χ1n) is 5.83. The molecule has 0 bridgehead atoms. The third-order valence-electron chi connectivity index (χ3n) is 2.81. The van der Waals surface area contributed by atoms with Gasteiger partial charge in [0.05, 0.1) is 17.8 Å². The Bertz CT molecular complexity index is 357. The van der Waals surface area contributed by atoms with Crippen LogP contribution >= 0.6 is 11.6 Å². The molecule has 0 saturated heterocycles. The van der Waals surface area contributed by atoms with E-state index in [-0.39, 0.29) is 0 Å². The molecule has 0 fully saturated rings. The molecule has 0 saturated carbocycles. The quantitative estimate of drug-likeness (QED) is 0.851. The molecule has 0 spiro atoms. The lowest BCUT2D eigenvalue weighted by Gasteiger charge is -2.24. The summed E-state index contributed by atoms with van der Waals surface area (Å²) in [6.07, 6.45) is 1.03. The SMILES string of the molecule is COc1ccc(N(C)CC(C)CCN)c(Cl)c1. The topological polar surface area (TPSA) is 38.5 Å². The molecular formula is C13H21ClN2O. The van der Waals surface area contributed by atoms with E-state index in [1.54, 1.807) is 7.11 Å². The Morgan fingerprint density at radius 3 is 2.71 bits per heavy atom. The fraction of sp³-hybridized carbons (Fsp3) is 0.538. The maximum absolute atomic E-state index is 6.22. The summed E-state index contributed by atoms with van der Waals surface area (Å²) in [6, 6.07) is 5.74. The van der Waals surface area contributed by atoms with Gasteiger partial charge in [-0.1, -0.05) is 18.5 Å². The van der Waals surface area contributed by atoms with E-state index in [1.165, 1.54) is 0 Å². The first kappa shape index (κ1) is 14.1. The molecule has 96 valence electrons. The van der Waals surface area contributed by atoms with Crippen molar-refractivity contribution in [2.45, 2.75) is 13.3 Å². The highest BCUT2D eigenvalue weighted by Crippen LogP contribution is 2.29. The van der Waals surface area contributed by atoms with Gasteiger partial charge in [-0.3, -0.25) is 0 Å². The van der Waals surface area contributed by atoms with E-state index in [9.17, 15) is 0 Å². The van der Waals surface area contributed by atoms with Gasteiger partial charge in [-0.25, -0.2) is 0 Å². The number of nitrogens with two attached hydrogens (primary N) is 1. The zero-order valence-electron chi connectivity index (χ0n) is 10.7. The predicted molar refractivity (Wildman–Crippen MR) is 74.1 cm³/mol. The van der Waals surface area contributed by atoms with E-state index in [0.29, 0.717) is 10.9 Å². The number of hydrogen-bond donors (Lipinski definition) is 1. The number of anilines is 1. The van der Waals surface area contributed by atoms with E-state index in [4.69, 9.17) is 22.1 Å². The monoisotopic (exact) mass is 256 g/mol. The molecule has 0 aliphatic heterocycles. The highest BCUT2D eigenvalue weighted by Gasteiger charge is 2.10. The zero-order valence-corrected chi connectivity index (χ0v) is 11.5. The van der Waals surface area contributed by atoms with Crippen LogP contribution in [0.15, 0.2) is 18.2 Å². The third-order valence-corrected chi connectivity index (χ3v) is 3.11. The number of ether oxygens (including phenoxy) is 1. The van der Waals surface area contributed by atoms with E-state index in [1.807, 2.05) is 25.2 Å². The smallest absolute Gasteiger partial charge is 0.120 e. The van der Waals surface area contributed by atoms with Gasteiger partial charge < -0.3 is 15.4 Å². The molecule has 4 heteroatoms. The molecule has 17 heavy (non-hydrogen) atoms. The van der Waals surface area contributed by atoms with Crippen molar-refractivity contribution < 1.29 is 4.74 Å². The minimum atomic E-state index is 0.558. The van der Waals surface area contributed by atoms with Crippen molar-refractivity contribution in [1.82, 2.24) is 0 Å². The second-order valence-corrected chi connectivity index (χ2v) is 4.79. The summed E-state index contributed by atoms with van der Waals surface area (Å²) < 4.78 is 5.13. The van der Waals surface area contributed by atoms with Crippen LogP contribution in [0.5, 0.6) is 5.75 Å². The summed E-state index contributed by atoms with van der Waals surface area (Å²) in [5.74, 6) is 1.34. The molecule has 0 aliphatic carbocycles. The van der Waals surface area contributed by atoms with Gasteiger partial charge in [0.25, 0.3) is 0 Å². The van der Waals surface area contributed by atoms with Gasteiger partial charge in [-0.05, 0) is 31.0 Å². The van der Waals surface area contributed by atoms with Gasteiger partial charge in [0, 0.05) is 19.7 Å². The van der Waals surface area contributed by atoms with Crippen LogP contribution in [-0.2, 0) is 0 Å². The highest BCUT2D eigenvalue weighted by atomic mass is 35.5. The summed E-state index contributed by atoms with van der Waals surface area (Å²) in [7, 11) is 3.68. The van der Waals surface area contributed by atoms with Crippen molar-refractivity contribution in [1.29, 1.82) is 0 Å². The summed E-state index contributed by atoms with van der Waals surface area (Å²) in [5.41, 5.74) is 6.57. The van der Waals surface area contributed by atoms with Crippen molar-refractivity contribution in [3.63, 3.8) is 0 Å². The van der Waals surface area contributed by atoms with Crippen LogP contribution < -0.4 is 15.4 Å². The van der Waals surface area contributed by atoms with Crippen LogP contribution in [0.25, 0.3) is 0 Å². The van der Waals surface area contributed by atoms with Crippen LogP contribution in [0, 0.1) is 5.92 Å². The molecule has 2 N–H and O–H groups in total. The Morgan fingerprint density at radius 1 is 1.47 bits per heavy atom. The molecule has 1 atom stereocenters. The molecule has 3 nitrogen and oxygen atoms in total. The Labute approximate surface area is 109 Å². The second kappa shape index (κ2) is 6.72. The minimum Gasteiger partial charge on any atom is -0.497 e. The van der Waals surface area contributed by atoms with Gasteiger partial charge >= 0.3 is 0 Å². The van der Waals surface area contributed by atoms with E-state index in [0.717, 1.165) is 30.9 Å². The van der Waals surface area contributed by atoms with Gasteiger partial charge in [-0.2, -0.15) is 0 Å². The van der Waals surface area contributed by atoms with Gasteiger partial charge in [0.1, 0.15) is 5.75 Å². The molecule has 1 aromatic rings. The molecule has 0 amide bonds. The third kappa shape index (κ3) is 4.10. The first-order valence-corrected chi connectivity index (χ1v) is 6.21. The molecule has 0 aliphatic rings. The van der Waals surface area contributed by atoms with Crippen molar-refractivity contribution in [3.8, 4) is 5.75 Å². The van der Waals surface area contributed by atoms with Crippen molar-refractivity contribution in [2.24, 2.45) is 11.7 Å². The first-order chi connectivity index (χ1) is 8.08. The van der Waals surface area contributed by atoms with E-state index < -0.39 is 0 Å². The van der Waals surface area contributed by atoms with Gasteiger partial charge in [0.2, 0.25) is 0 Å². The van der Waals surface area contributed by atoms with E-state index >= 15 is 0 Å². The zero-order chi connectivity index (χ0) is 12.8. The molecule has 1 rings (SSSR count). The Balaban J connectivity index is 2.71. The Morgan fingerprint density at radius 2 is 2.18 bits per heavy atom. The van der Waals surface area contributed by atoms with Crippen molar-refractivity contribution >= 4 is 17.3 Å². The Kier molecular flexibility index (Phi) is 5.59. The summed E-state index contributed by atoms with van der Waals surface area (Å²) >= 11 is 6.22. The average molecular weight is 257 g/mol. The minimum absolute atomic E-state index is 0.558. The van der Waals surface area contributed by atoms with Crippen LogP contribution in [0.2, 0.25) is 5.02 Å². The maximum Gasteiger partial charge on any atom is 0.120 e. The van der Waals surface area contributed by atoms with Crippen LogP contribution in [0.3, 0.4) is 0 Å². The standard InChI is InChI=1S/C13H21ClN2O/c1-10(6-7-15)9-16(2)13-5-4-11(17-3)8-12(13)14/h4-5,8,10H,6-7,9,15H2,1-3H3. The molecular weight excluding hydrogens is 236 g/mol. The molecule has 0 radical (unpaired) electrons. The lowest BCUT2D eigenvalue weighted by molar-refractivity contribution is 0.415. The number of benzene rings is 1. The Hall–Kier alpha value is -0.930. The lowest BCUT2D eigenvalue weighted by atomic mass is 10.1.